The lowest BCUT2D eigenvalue weighted by atomic mass is 9.99. The number of aliphatic imine (C=N–C) groups is 1. The zero-order chi connectivity index (χ0) is 43.3. The van der Waals surface area contributed by atoms with Gasteiger partial charge in [0.15, 0.2) is 5.82 Å². The Morgan fingerprint density at radius 3 is 2.52 bits per heavy atom. The summed E-state index contributed by atoms with van der Waals surface area (Å²) >= 11 is 7.91. The number of hydrogen-bond donors (Lipinski definition) is 3. The van der Waals surface area contributed by atoms with E-state index in [1.54, 1.807) is 29.5 Å². The van der Waals surface area contributed by atoms with Crippen LogP contribution in [0.15, 0.2) is 76.5 Å². The molecule has 0 bridgehead atoms. The maximum absolute atomic E-state index is 13.5. The number of fused-ring (bicyclic) bond motifs is 4. The van der Waals surface area contributed by atoms with Gasteiger partial charge in [-0.25, -0.2) is 0 Å². The number of piperidine rings is 1. The predicted octanol–water partition coefficient (Wildman–Crippen LogP) is 6.59. The number of amides is 3. The highest BCUT2D eigenvalue weighted by atomic mass is 35.5. The molecule has 1 fully saturated rings. The highest BCUT2D eigenvalue weighted by Gasteiger charge is 2.33. The smallest absolute Gasteiger partial charge is 0.280 e. The first-order valence-electron chi connectivity index (χ1n) is 20.5. The second kappa shape index (κ2) is 18.8. The molecule has 3 amide bonds. The van der Waals surface area contributed by atoms with Gasteiger partial charge in [-0.2, -0.15) is 4.68 Å². The van der Waals surface area contributed by atoms with Crippen LogP contribution in [0.4, 0.5) is 11.4 Å². The van der Waals surface area contributed by atoms with Gasteiger partial charge in [0, 0.05) is 65.0 Å². The van der Waals surface area contributed by atoms with Crippen molar-refractivity contribution >= 4 is 68.6 Å². The van der Waals surface area contributed by atoms with Crippen LogP contribution in [-0.4, -0.2) is 79.6 Å². The van der Waals surface area contributed by atoms with Crippen LogP contribution in [0.25, 0.3) is 15.9 Å². The maximum Gasteiger partial charge on any atom is 0.280 e. The van der Waals surface area contributed by atoms with Gasteiger partial charge in [0.05, 0.1) is 24.1 Å². The van der Waals surface area contributed by atoms with E-state index in [0.717, 1.165) is 50.8 Å². The summed E-state index contributed by atoms with van der Waals surface area (Å²) in [5, 5.41) is 27.6. The van der Waals surface area contributed by atoms with E-state index in [9.17, 15) is 19.2 Å². The van der Waals surface area contributed by atoms with Gasteiger partial charge in [-0.05, 0) is 94.1 Å². The van der Waals surface area contributed by atoms with E-state index >= 15 is 0 Å². The Kier molecular flexibility index (Phi) is 12.8. The number of halogens is 1. The van der Waals surface area contributed by atoms with E-state index in [2.05, 4.69) is 50.3 Å². The standard InChI is InChI=1S/C44H45ClN10O6S/c1-25-26(2)62-44-38(25)40(28-10-12-29(45)13-11-28)48-34(41-52-50-27(3)54(41)44)24-37(57)47-30-14-16-31(17-15-30)61-23-7-22-60-21-5-4-20-46-32-8-6-9-33-39(32)43(59)55(53-51-33)35-18-19-36(56)49-42(35)58/h6,8-17,34-35,46H,4-5,7,18-24H2,1-3H3,(H,47,57)(H,49,56,58). The molecule has 320 valence electrons. The zero-order valence-electron chi connectivity index (χ0n) is 34.4. The average molecular weight is 877 g/mol. The average Bonchev–Trinajstić information content (AvgIpc) is 3.74. The van der Waals surface area contributed by atoms with Crippen molar-refractivity contribution < 1.29 is 23.9 Å². The summed E-state index contributed by atoms with van der Waals surface area (Å²) in [6.45, 7) is 8.27. The van der Waals surface area contributed by atoms with E-state index in [0.29, 0.717) is 71.7 Å². The van der Waals surface area contributed by atoms with E-state index in [4.69, 9.17) is 26.1 Å². The van der Waals surface area contributed by atoms with E-state index in [-0.39, 0.29) is 31.1 Å². The quantitative estimate of drug-likeness (QED) is 0.0701. The summed E-state index contributed by atoms with van der Waals surface area (Å²) in [6.07, 6.45) is 2.68. The molecule has 2 atom stereocenters. The predicted molar refractivity (Wildman–Crippen MR) is 237 cm³/mol. The van der Waals surface area contributed by atoms with Crippen molar-refractivity contribution in [2.75, 3.05) is 37.0 Å². The highest BCUT2D eigenvalue weighted by Crippen LogP contribution is 2.40. The fraction of sp³-hybridized carbons (Fsp3) is 0.341. The van der Waals surface area contributed by atoms with Crippen molar-refractivity contribution in [3.8, 4) is 10.8 Å². The fourth-order valence-electron chi connectivity index (χ4n) is 7.53. The van der Waals surface area contributed by atoms with Gasteiger partial charge in [0.1, 0.15) is 34.2 Å². The molecule has 1 saturated heterocycles. The first-order valence-corrected chi connectivity index (χ1v) is 21.7. The number of aromatic nitrogens is 6. The van der Waals surface area contributed by atoms with Gasteiger partial charge in [0.2, 0.25) is 11.8 Å². The highest BCUT2D eigenvalue weighted by molar-refractivity contribution is 7.15. The molecule has 2 unspecified atom stereocenters. The van der Waals surface area contributed by atoms with Crippen molar-refractivity contribution in [1.29, 1.82) is 0 Å². The summed E-state index contributed by atoms with van der Waals surface area (Å²) < 4.78 is 14.8. The van der Waals surface area contributed by atoms with Crippen molar-refractivity contribution in [3.63, 3.8) is 0 Å². The number of hydrogen-bond acceptors (Lipinski definition) is 13. The molecule has 0 aliphatic carbocycles. The van der Waals surface area contributed by atoms with Crippen LogP contribution >= 0.6 is 22.9 Å². The number of ether oxygens (including phenoxy) is 2. The minimum absolute atomic E-state index is 0.0628. The van der Waals surface area contributed by atoms with Crippen LogP contribution in [0.1, 0.15) is 83.8 Å². The second-order valence-electron chi connectivity index (χ2n) is 15.1. The summed E-state index contributed by atoms with van der Waals surface area (Å²) in [5.41, 5.74) is 5.06. The van der Waals surface area contributed by atoms with Crippen LogP contribution in [0.3, 0.4) is 0 Å². The normalized spacial score (nSPS) is 16.0. The Morgan fingerprint density at radius 1 is 0.935 bits per heavy atom. The molecule has 3 N–H and O–H groups in total. The lowest BCUT2D eigenvalue weighted by molar-refractivity contribution is -0.136. The molecule has 0 spiro atoms. The molecule has 3 aromatic heterocycles. The first kappa shape index (κ1) is 42.4. The van der Waals surface area contributed by atoms with Crippen LogP contribution in [0, 0.1) is 20.8 Å². The molecule has 0 radical (unpaired) electrons. The lowest BCUT2D eigenvalue weighted by Crippen LogP contribution is -2.45. The topological polar surface area (TPSA) is 197 Å². The third kappa shape index (κ3) is 9.15. The third-order valence-electron chi connectivity index (χ3n) is 10.8. The van der Waals surface area contributed by atoms with E-state index in [1.165, 1.54) is 4.88 Å². The molecule has 2 aliphatic heterocycles. The number of benzene rings is 3. The maximum atomic E-state index is 13.5. The molecule has 18 heteroatoms. The number of carbonyl (C=O) groups is 3. The fourth-order valence-corrected chi connectivity index (χ4v) is 8.87. The molecular weight excluding hydrogens is 832 g/mol. The molecule has 8 rings (SSSR count). The summed E-state index contributed by atoms with van der Waals surface area (Å²) in [5.74, 6) is 0.896. The van der Waals surface area contributed by atoms with E-state index < -0.39 is 23.6 Å². The number of unbranched alkanes of at least 4 members (excludes halogenated alkanes) is 1. The summed E-state index contributed by atoms with van der Waals surface area (Å²) in [4.78, 5) is 57.2. The molecule has 3 aromatic carbocycles. The Labute approximate surface area is 365 Å². The number of carbonyl (C=O) groups excluding carboxylic acids is 3. The Bertz CT molecular complexity index is 2730. The van der Waals surface area contributed by atoms with Gasteiger partial charge >= 0.3 is 0 Å². The molecule has 16 nitrogen and oxygen atoms in total. The van der Waals surface area contributed by atoms with Gasteiger partial charge < -0.3 is 20.1 Å². The van der Waals surface area contributed by atoms with Gasteiger partial charge in [0.25, 0.3) is 11.5 Å². The number of aryl methyl sites for hydroxylation is 2. The Morgan fingerprint density at radius 2 is 1.73 bits per heavy atom. The van der Waals surface area contributed by atoms with Crippen LogP contribution in [-0.2, 0) is 19.1 Å². The van der Waals surface area contributed by atoms with E-state index in [1.807, 2.05) is 60.0 Å². The third-order valence-corrected chi connectivity index (χ3v) is 12.3. The molecule has 6 aromatic rings. The van der Waals surface area contributed by atoms with Crippen LogP contribution in [0.2, 0.25) is 5.02 Å². The van der Waals surface area contributed by atoms with Gasteiger partial charge in [-0.1, -0.05) is 35.0 Å². The number of anilines is 2. The largest absolute Gasteiger partial charge is 0.494 e. The molecule has 62 heavy (non-hydrogen) atoms. The summed E-state index contributed by atoms with van der Waals surface area (Å²) in [6, 6.07) is 18.7. The Balaban J connectivity index is 0.777. The minimum Gasteiger partial charge on any atom is -0.494 e. The Hall–Kier alpha value is -6.30. The van der Waals surface area contributed by atoms with Crippen LogP contribution < -0.4 is 26.2 Å². The van der Waals surface area contributed by atoms with Gasteiger partial charge in [-0.15, -0.1) is 26.6 Å². The molecule has 0 saturated carbocycles. The zero-order valence-corrected chi connectivity index (χ0v) is 36.0. The first-order chi connectivity index (χ1) is 30.0. The second-order valence-corrected chi connectivity index (χ2v) is 16.8. The molecular formula is C44H45ClN10O6S. The monoisotopic (exact) mass is 876 g/mol. The SMILES string of the molecule is Cc1sc2c(c1C)C(c1ccc(Cl)cc1)=NC(CC(=O)Nc1ccc(OCCCOCCCCNc3cccc4nnn(C5CCC(=O)NC5=O)c(=O)c34)cc1)c1nnc(C)n1-2. The van der Waals surface area contributed by atoms with Crippen molar-refractivity contribution in [2.24, 2.45) is 4.99 Å². The lowest BCUT2D eigenvalue weighted by Gasteiger charge is -2.21. The minimum atomic E-state index is -0.885. The van der Waals surface area contributed by atoms with Crippen molar-refractivity contribution in [1.82, 2.24) is 35.1 Å². The van der Waals surface area contributed by atoms with Crippen molar-refractivity contribution in [2.45, 2.75) is 71.4 Å². The number of nitrogens with zero attached hydrogens (tertiary/aromatic N) is 7. The number of rotatable bonds is 16. The number of thiophene rings is 1. The number of imide groups is 1. The van der Waals surface area contributed by atoms with Crippen molar-refractivity contribution in [3.05, 3.63) is 115 Å². The van der Waals surface area contributed by atoms with Gasteiger partial charge in [-0.3, -0.25) is 34.1 Å². The molecule has 2 aliphatic rings. The van der Waals surface area contributed by atoms with Crippen LogP contribution in [0.5, 0.6) is 5.75 Å². The molecule has 5 heterocycles. The summed E-state index contributed by atoms with van der Waals surface area (Å²) in [7, 11) is 0. The number of nitrogens with one attached hydrogen (secondary N) is 3.